The van der Waals surface area contributed by atoms with E-state index in [1.54, 1.807) is 12.1 Å². The van der Waals surface area contributed by atoms with Crippen LogP contribution in [0.25, 0.3) is 0 Å². The van der Waals surface area contributed by atoms with E-state index in [1.807, 2.05) is 0 Å². The number of carbonyl (C=O) groups excluding carboxylic acids is 1. The van der Waals surface area contributed by atoms with Crippen LogP contribution in [0.4, 0.5) is 5.69 Å². The third-order valence-electron chi connectivity index (χ3n) is 1.37. The number of aromatic nitrogens is 1. The minimum absolute atomic E-state index is 0.357. The first-order valence-corrected chi connectivity index (χ1v) is 4.08. The van der Waals surface area contributed by atoms with Crippen LogP contribution in [0.5, 0.6) is 0 Å². The summed E-state index contributed by atoms with van der Waals surface area (Å²) in [4.78, 5) is 14.7. The van der Waals surface area contributed by atoms with E-state index in [1.165, 1.54) is 13.1 Å². The Morgan fingerprint density at radius 2 is 2.38 bits per heavy atom. The summed E-state index contributed by atoms with van der Waals surface area (Å²) >= 11 is 5.54. The molecule has 4 nitrogen and oxygen atoms in total. The van der Waals surface area contributed by atoms with Crippen molar-refractivity contribution in [3.8, 4) is 0 Å². The van der Waals surface area contributed by atoms with Crippen molar-refractivity contribution in [1.82, 2.24) is 4.98 Å². The van der Waals surface area contributed by atoms with Gasteiger partial charge in [0.15, 0.2) is 0 Å². The maximum absolute atomic E-state index is 11.0. The number of pyridine rings is 1. The Hall–Kier alpha value is -1.13. The van der Waals surface area contributed by atoms with Gasteiger partial charge in [0.25, 0.3) is 5.91 Å². The fraction of sp³-hybridized carbons (Fsp3) is 0.250. The zero-order chi connectivity index (χ0) is 9.84. The second kappa shape index (κ2) is 4.20. The van der Waals surface area contributed by atoms with E-state index in [2.05, 4.69) is 10.3 Å². The van der Waals surface area contributed by atoms with Crippen LogP contribution < -0.4 is 5.32 Å². The van der Waals surface area contributed by atoms with Crippen LogP contribution >= 0.6 is 11.6 Å². The van der Waals surface area contributed by atoms with Gasteiger partial charge in [-0.3, -0.25) is 4.79 Å². The molecule has 0 aliphatic carbocycles. The SMILES string of the molecule is C[C@@H](O)C(=O)Nc1ccc(Cl)nc1. The molecule has 0 fully saturated rings. The van der Waals surface area contributed by atoms with E-state index < -0.39 is 12.0 Å². The lowest BCUT2D eigenvalue weighted by Gasteiger charge is -2.05. The second-order valence-electron chi connectivity index (χ2n) is 2.53. The Morgan fingerprint density at radius 1 is 1.69 bits per heavy atom. The number of nitrogens with zero attached hydrogens (tertiary/aromatic N) is 1. The fourth-order valence-corrected chi connectivity index (χ4v) is 0.808. The van der Waals surface area contributed by atoms with Gasteiger partial charge in [0.2, 0.25) is 0 Å². The Labute approximate surface area is 80.6 Å². The van der Waals surface area contributed by atoms with Gasteiger partial charge in [0.1, 0.15) is 11.3 Å². The molecule has 13 heavy (non-hydrogen) atoms. The summed E-state index contributed by atoms with van der Waals surface area (Å²) in [5.74, 6) is -0.468. The second-order valence-corrected chi connectivity index (χ2v) is 2.92. The standard InChI is InChI=1S/C8H9ClN2O2/c1-5(12)8(13)11-6-2-3-7(9)10-4-6/h2-5,12H,1H3,(H,11,13)/t5-/m1/s1. The molecule has 0 aliphatic rings. The number of halogens is 1. The van der Waals surface area contributed by atoms with Gasteiger partial charge in [0.05, 0.1) is 11.9 Å². The number of anilines is 1. The highest BCUT2D eigenvalue weighted by molar-refractivity contribution is 6.29. The Balaban J connectivity index is 2.65. The third-order valence-corrected chi connectivity index (χ3v) is 1.60. The molecule has 0 spiro atoms. The maximum atomic E-state index is 11.0. The van der Waals surface area contributed by atoms with Gasteiger partial charge in [-0.2, -0.15) is 0 Å². The topological polar surface area (TPSA) is 62.2 Å². The van der Waals surface area contributed by atoms with Gasteiger partial charge < -0.3 is 10.4 Å². The zero-order valence-electron chi connectivity index (χ0n) is 6.99. The number of amides is 1. The van der Waals surface area contributed by atoms with E-state index in [0.29, 0.717) is 10.8 Å². The molecule has 1 aromatic rings. The number of aliphatic hydroxyl groups is 1. The summed E-state index contributed by atoms with van der Waals surface area (Å²) in [5.41, 5.74) is 0.510. The molecular formula is C8H9ClN2O2. The Bertz CT molecular complexity index is 298. The molecule has 2 N–H and O–H groups in total. The molecule has 0 saturated heterocycles. The lowest BCUT2D eigenvalue weighted by molar-refractivity contribution is -0.123. The molecule has 0 bridgehead atoms. The molecule has 1 atom stereocenters. The van der Waals surface area contributed by atoms with Crippen LogP contribution in [0.2, 0.25) is 5.15 Å². The van der Waals surface area contributed by atoms with Gasteiger partial charge >= 0.3 is 0 Å². The minimum atomic E-state index is -1.03. The molecule has 0 unspecified atom stereocenters. The van der Waals surface area contributed by atoms with Crippen molar-refractivity contribution in [1.29, 1.82) is 0 Å². The summed E-state index contributed by atoms with van der Waals surface area (Å²) in [6.45, 7) is 1.39. The number of nitrogens with one attached hydrogen (secondary N) is 1. The molecule has 0 aliphatic heterocycles. The number of hydrogen-bond acceptors (Lipinski definition) is 3. The average molecular weight is 201 g/mol. The van der Waals surface area contributed by atoms with Crippen molar-refractivity contribution in [3.05, 3.63) is 23.5 Å². The summed E-state index contributed by atoms with van der Waals surface area (Å²) in [7, 11) is 0. The van der Waals surface area contributed by atoms with Gasteiger partial charge in [-0.15, -0.1) is 0 Å². The maximum Gasteiger partial charge on any atom is 0.252 e. The van der Waals surface area contributed by atoms with Crippen LogP contribution in [-0.4, -0.2) is 22.1 Å². The summed E-state index contributed by atoms with van der Waals surface area (Å²) in [6, 6.07) is 3.16. The van der Waals surface area contributed by atoms with Crippen molar-refractivity contribution >= 4 is 23.2 Å². The Morgan fingerprint density at radius 3 is 2.85 bits per heavy atom. The normalized spacial score (nSPS) is 12.2. The highest BCUT2D eigenvalue weighted by Crippen LogP contribution is 2.09. The first kappa shape index (κ1) is 9.95. The summed E-state index contributed by atoms with van der Waals surface area (Å²) in [6.07, 6.45) is 0.387. The van der Waals surface area contributed by atoms with Crippen LogP contribution in [0.15, 0.2) is 18.3 Å². The first-order chi connectivity index (χ1) is 6.09. The average Bonchev–Trinajstić information content (AvgIpc) is 2.08. The van der Waals surface area contributed by atoms with E-state index in [0.717, 1.165) is 0 Å². The smallest absolute Gasteiger partial charge is 0.252 e. The molecule has 1 heterocycles. The molecule has 1 amide bonds. The minimum Gasteiger partial charge on any atom is -0.384 e. The lowest BCUT2D eigenvalue weighted by atomic mass is 10.3. The largest absolute Gasteiger partial charge is 0.384 e. The monoisotopic (exact) mass is 200 g/mol. The predicted molar refractivity (Wildman–Crippen MR) is 49.6 cm³/mol. The van der Waals surface area contributed by atoms with Gasteiger partial charge in [-0.1, -0.05) is 11.6 Å². The quantitative estimate of drug-likeness (QED) is 0.702. The van der Waals surface area contributed by atoms with Crippen molar-refractivity contribution in [2.45, 2.75) is 13.0 Å². The van der Waals surface area contributed by atoms with Gasteiger partial charge in [-0.05, 0) is 19.1 Å². The Kier molecular flexibility index (Phi) is 3.22. The number of hydrogen-bond donors (Lipinski definition) is 2. The molecular weight excluding hydrogens is 192 g/mol. The lowest BCUT2D eigenvalue weighted by Crippen LogP contribution is -2.24. The molecule has 0 saturated carbocycles. The molecule has 0 radical (unpaired) electrons. The first-order valence-electron chi connectivity index (χ1n) is 3.70. The molecule has 0 aromatic carbocycles. The van der Waals surface area contributed by atoms with Crippen LogP contribution in [-0.2, 0) is 4.79 Å². The predicted octanol–water partition coefficient (Wildman–Crippen LogP) is 1.05. The van der Waals surface area contributed by atoms with Crippen molar-refractivity contribution < 1.29 is 9.90 Å². The molecule has 1 rings (SSSR count). The van der Waals surface area contributed by atoms with Crippen LogP contribution in [0, 0.1) is 0 Å². The van der Waals surface area contributed by atoms with E-state index >= 15 is 0 Å². The number of aliphatic hydroxyl groups excluding tert-OH is 1. The molecule has 5 heteroatoms. The summed E-state index contributed by atoms with van der Waals surface area (Å²) < 4.78 is 0. The van der Waals surface area contributed by atoms with E-state index in [-0.39, 0.29) is 0 Å². The number of carbonyl (C=O) groups is 1. The highest BCUT2D eigenvalue weighted by Gasteiger charge is 2.08. The van der Waals surface area contributed by atoms with Crippen molar-refractivity contribution in [2.75, 3.05) is 5.32 Å². The third kappa shape index (κ3) is 3.01. The highest BCUT2D eigenvalue weighted by atomic mass is 35.5. The van der Waals surface area contributed by atoms with Crippen LogP contribution in [0.1, 0.15) is 6.92 Å². The van der Waals surface area contributed by atoms with E-state index in [9.17, 15) is 4.79 Å². The molecule has 1 aromatic heterocycles. The van der Waals surface area contributed by atoms with E-state index in [4.69, 9.17) is 16.7 Å². The fourth-order valence-electron chi connectivity index (χ4n) is 0.696. The summed E-state index contributed by atoms with van der Waals surface area (Å²) in [5, 5.41) is 11.7. The van der Waals surface area contributed by atoms with Crippen molar-refractivity contribution in [3.63, 3.8) is 0 Å². The molecule has 70 valence electrons. The number of rotatable bonds is 2. The van der Waals surface area contributed by atoms with Crippen LogP contribution in [0.3, 0.4) is 0 Å². The van der Waals surface area contributed by atoms with Gasteiger partial charge in [-0.25, -0.2) is 4.98 Å². The van der Waals surface area contributed by atoms with Gasteiger partial charge in [0, 0.05) is 0 Å². The van der Waals surface area contributed by atoms with Crippen molar-refractivity contribution in [2.24, 2.45) is 0 Å². The zero-order valence-corrected chi connectivity index (χ0v) is 7.75.